The number of hydrogen-bond acceptors (Lipinski definition) is 7. The van der Waals surface area contributed by atoms with E-state index >= 15 is 0 Å². The second kappa shape index (κ2) is 9.44. The zero-order valence-electron chi connectivity index (χ0n) is 17.2. The first-order valence-electron chi connectivity index (χ1n) is 9.55. The van der Waals surface area contributed by atoms with E-state index in [4.69, 9.17) is 16.2 Å². The van der Waals surface area contributed by atoms with Crippen LogP contribution >= 0.6 is 11.3 Å². The number of nitrogens with one attached hydrogen (secondary N) is 2. The van der Waals surface area contributed by atoms with Gasteiger partial charge in [0.15, 0.2) is 0 Å². The van der Waals surface area contributed by atoms with Crippen LogP contribution in [0, 0.1) is 0 Å². The summed E-state index contributed by atoms with van der Waals surface area (Å²) in [4.78, 5) is 37.8. The van der Waals surface area contributed by atoms with Crippen molar-refractivity contribution in [2.75, 3.05) is 29.4 Å². The number of esters is 1. The number of carbonyl (C=O) groups is 3. The summed E-state index contributed by atoms with van der Waals surface area (Å²) in [6.07, 6.45) is 1.73. The van der Waals surface area contributed by atoms with Gasteiger partial charge in [0.2, 0.25) is 10.0 Å². The van der Waals surface area contributed by atoms with Gasteiger partial charge in [-0.1, -0.05) is 12.1 Å². The van der Waals surface area contributed by atoms with Gasteiger partial charge in [0.05, 0.1) is 18.5 Å². The van der Waals surface area contributed by atoms with E-state index in [0.29, 0.717) is 35.5 Å². The minimum absolute atomic E-state index is 0.122. The van der Waals surface area contributed by atoms with Crippen LogP contribution in [0.25, 0.3) is 10.4 Å². The third-order valence-corrected chi connectivity index (χ3v) is 6.36. The van der Waals surface area contributed by atoms with E-state index in [-0.39, 0.29) is 17.1 Å². The number of hydrogen-bond donors (Lipinski definition) is 4. The van der Waals surface area contributed by atoms with Gasteiger partial charge in [-0.2, -0.15) is 0 Å². The van der Waals surface area contributed by atoms with E-state index in [2.05, 4.69) is 10.0 Å². The first kappa shape index (κ1) is 23.3. The van der Waals surface area contributed by atoms with E-state index in [1.165, 1.54) is 4.90 Å². The SMILES string of the molecule is CS(=O)(=O)Nc1cccc(-c2cc(NC(N)=O)c(C(=O)OC3CCCN(C(N)=O)C3)s2)c1. The molecule has 4 amide bonds. The highest BCUT2D eigenvalue weighted by Crippen LogP contribution is 2.36. The van der Waals surface area contributed by atoms with E-state index < -0.39 is 34.2 Å². The number of thiophene rings is 1. The second-order valence-electron chi connectivity index (χ2n) is 7.25. The minimum Gasteiger partial charge on any atom is -0.456 e. The number of ether oxygens (including phenoxy) is 1. The maximum atomic E-state index is 12.9. The summed E-state index contributed by atoms with van der Waals surface area (Å²) < 4.78 is 31.0. The van der Waals surface area contributed by atoms with Gasteiger partial charge in [0.25, 0.3) is 0 Å². The van der Waals surface area contributed by atoms with Gasteiger partial charge in [0, 0.05) is 17.1 Å². The molecular formula is C19H23N5O6S2. The standard InChI is InChI=1S/C19H23N5O6S2/c1-32(28,29)23-12-5-2-4-11(8-12)15-9-14(22-18(20)26)16(31-15)17(25)30-13-6-3-7-24(10-13)19(21)27/h2,4-5,8-9,13,23H,3,6-7,10H2,1H3,(H2,21,27)(H3,20,22,26). The second-order valence-corrected chi connectivity index (χ2v) is 10.1. The van der Waals surface area contributed by atoms with Crippen LogP contribution in [0.1, 0.15) is 22.5 Å². The molecule has 0 aliphatic carbocycles. The molecule has 11 nitrogen and oxygen atoms in total. The van der Waals surface area contributed by atoms with Crippen molar-refractivity contribution < 1.29 is 27.5 Å². The Labute approximate surface area is 188 Å². The van der Waals surface area contributed by atoms with Gasteiger partial charge >= 0.3 is 18.0 Å². The Balaban J connectivity index is 1.86. The van der Waals surface area contributed by atoms with E-state index in [1.54, 1.807) is 30.3 Å². The van der Waals surface area contributed by atoms with Crippen molar-refractivity contribution in [3.05, 3.63) is 35.2 Å². The van der Waals surface area contributed by atoms with Crippen LogP contribution in [0.3, 0.4) is 0 Å². The molecular weight excluding hydrogens is 458 g/mol. The minimum atomic E-state index is -3.47. The van der Waals surface area contributed by atoms with E-state index in [9.17, 15) is 22.8 Å². The number of urea groups is 2. The van der Waals surface area contributed by atoms with Crippen LogP contribution in [0.5, 0.6) is 0 Å². The summed E-state index contributed by atoms with van der Waals surface area (Å²) in [6, 6.07) is 6.70. The van der Waals surface area contributed by atoms with Gasteiger partial charge in [0.1, 0.15) is 11.0 Å². The summed E-state index contributed by atoms with van der Waals surface area (Å²) in [6.45, 7) is 0.690. The normalized spacial score (nSPS) is 16.3. The third kappa shape index (κ3) is 6.11. The molecule has 13 heteroatoms. The summed E-state index contributed by atoms with van der Waals surface area (Å²) in [5.41, 5.74) is 11.7. The molecule has 1 fully saturated rings. The number of carbonyl (C=O) groups excluding carboxylic acids is 3. The van der Waals surface area contributed by atoms with Gasteiger partial charge in [-0.15, -0.1) is 11.3 Å². The molecule has 2 aromatic rings. The van der Waals surface area contributed by atoms with Gasteiger partial charge in [-0.25, -0.2) is 22.8 Å². The Kier molecular flexibility index (Phi) is 6.89. The summed E-state index contributed by atoms with van der Waals surface area (Å²) in [5.74, 6) is -0.674. The fraction of sp³-hybridized carbons (Fsp3) is 0.316. The molecule has 1 atom stereocenters. The first-order valence-corrected chi connectivity index (χ1v) is 12.3. The lowest BCUT2D eigenvalue weighted by Crippen LogP contribution is -2.46. The average molecular weight is 482 g/mol. The Morgan fingerprint density at radius 3 is 2.62 bits per heavy atom. The first-order chi connectivity index (χ1) is 15.0. The monoisotopic (exact) mass is 481 g/mol. The highest BCUT2D eigenvalue weighted by molar-refractivity contribution is 7.92. The maximum absolute atomic E-state index is 12.9. The lowest BCUT2D eigenvalue weighted by atomic mass is 10.1. The Bertz CT molecular complexity index is 1150. The van der Waals surface area contributed by atoms with Crippen LogP contribution in [-0.4, -0.2) is 56.8 Å². The maximum Gasteiger partial charge on any atom is 0.350 e. The number of primary amides is 2. The molecule has 0 spiro atoms. The zero-order chi connectivity index (χ0) is 23.5. The number of nitrogens with zero attached hydrogens (tertiary/aromatic N) is 1. The molecule has 1 aliphatic rings. The molecule has 172 valence electrons. The number of nitrogens with two attached hydrogens (primary N) is 2. The van der Waals surface area contributed by atoms with Crippen molar-refractivity contribution in [1.82, 2.24) is 4.90 Å². The molecule has 1 saturated heterocycles. The highest BCUT2D eigenvalue weighted by atomic mass is 32.2. The summed E-state index contributed by atoms with van der Waals surface area (Å²) in [7, 11) is -3.47. The van der Waals surface area contributed by atoms with E-state index in [1.807, 2.05) is 0 Å². The molecule has 1 unspecified atom stereocenters. The fourth-order valence-electron chi connectivity index (χ4n) is 3.30. The van der Waals surface area contributed by atoms with Crippen molar-refractivity contribution in [1.29, 1.82) is 0 Å². The number of amides is 4. The number of sulfonamides is 1. The quantitative estimate of drug-likeness (QED) is 0.459. The number of benzene rings is 1. The van der Waals surface area contributed by atoms with Gasteiger partial charge < -0.3 is 26.4 Å². The number of likely N-dealkylation sites (tertiary alicyclic amines) is 1. The van der Waals surface area contributed by atoms with Crippen LogP contribution in [0.4, 0.5) is 21.0 Å². The molecule has 32 heavy (non-hydrogen) atoms. The van der Waals surface area contributed by atoms with Crippen LogP contribution < -0.4 is 21.5 Å². The molecule has 6 N–H and O–H groups in total. The number of anilines is 2. The lowest BCUT2D eigenvalue weighted by Gasteiger charge is -2.31. The van der Waals surface area contributed by atoms with Crippen molar-refractivity contribution in [2.24, 2.45) is 11.5 Å². The Morgan fingerprint density at radius 1 is 1.22 bits per heavy atom. The summed E-state index contributed by atoms with van der Waals surface area (Å²) >= 11 is 1.06. The molecule has 2 heterocycles. The molecule has 1 aromatic carbocycles. The largest absolute Gasteiger partial charge is 0.456 e. The zero-order valence-corrected chi connectivity index (χ0v) is 18.8. The highest BCUT2D eigenvalue weighted by Gasteiger charge is 2.28. The topological polar surface area (TPSA) is 174 Å². The molecule has 3 rings (SSSR count). The van der Waals surface area contributed by atoms with Crippen LogP contribution in [-0.2, 0) is 14.8 Å². The Morgan fingerprint density at radius 2 is 1.97 bits per heavy atom. The number of rotatable bonds is 6. The van der Waals surface area contributed by atoms with Crippen molar-refractivity contribution in [3.8, 4) is 10.4 Å². The lowest BCUT2D eigenvalue weighted by molar-refractivity contribution is 0.0134. The van der Waals surface area contributed by atoms with E-state index in [0.717, 1.165) is 17.6 Å². The van der Waals surface area contributed by atoms with Crippen molar-refractivity contribution in [3.63, 3.8) is 0 Å². The average Bonchev–Trinajstić information content (AvgIpc) is 3.10. The van der Waals surface area contributed by atoms with Gasteiger partial charge in [-0.3, -0.25) is 4.72 Å². The number of piperidine rings is 1. The smallest absolute Gasteiger partial charge is 0.350 e. The summed E-state index contributed by atoms with van der Waals surface area (Å²) in [5, 5.41) is 2.41. The predicted molar refractivity (Wildman–Crippen MR) is 121 cm³/mol. The molecule has 1 aliphatic heterocycles. The fourth-order valence-corrected chi connectivity index (χ4v) is 4.85. The van der Waals surface area contributed by atoms with Crippen molar-refractivity contribution in [2.45, 2.75) is 18.9 Å². The molecule has 1 aromatic heterocycles. The molecule has 0 radical (unpaired) electrons. The van der Waals surface area contributed by atoms with Gasteiger partial charge in [-0.05, 0) is 36.6 Å². The molecule has 0 saturated carbocycles. The Hall–Kier alpha value is -3.32. The third-order valence-electron chi connectivity index (χ3n) is 4.59. The predicted octanol–water partition coefficient (Wildman–Crippen LogP) is 1.98. The molecule has 0 bridgehead atoms. The van der Waals surface area contributed by atoms with Crippen LogP contribution in [0.2, 0.25) is 0 Å². The van der Waals surface area contributed by atoms with Crippen LogP contribution in [0.15, 0.2) is 30.3 Å². The van der Waals surface area contributed by atoms with Crippen molar-refractivity contribution >= 4 is 50.8 Å².